The first-order valence-corrected chi connectivity index (χ1v) is 7.99. The molecule has 1 amide bonds. The maximum absolute atomic E-state index is 13.0. The fourth-order valence-corrected chi connectivity index (χ4v) is 3.19. The van der Waals surface area contributed by atoms with Gasteiger partial charge in [0.05, 0.1) is 23.9 Å². The number of pyridine rings is 1. The molecule has 0 unspecified atom stereocenters. The minimum absolute atomic E-state index is 0.0806. The Morgan fingerprint density at radius 1 is 1.12 bits per heavy atom. The second kappa shape index (κ2) is 6.43. The molecule has 1 aromatic carbocycles. The highest BCUT2D eigenvalue weighted by Gasteiger charge is 2.27. The number of amides is 1. The van der Waals surface area contributed by atoms with Crippen molar-refractivity contribution in [3.8, 4) is 0 Å². The van der Waals surface area contributed by atoms with Crippen LogP contribution in [0.15, 0.2) is 30.3 Å². The molecule has 5 heteroatoms. The van der Waals surface area contributed by atoms with E-state index < -0.39 is 0 Å². The number of anilines is 1. The molecule has 0 atom stereocenters. The Hall–Kier alpha value is -2.69. The number of aryl methyl sites for hydroxylation is 2. The lowest BCUT2D eigenvalue weighted by molar-refractivity contribution is 0.0599. The number of hydrogen-bond acceptors (Lipinski definition) is 4. The third kappa shape index (κ3) is 2.77. The average molecular weight is 324 g/mol. The molecular weight excluding hydrogens is 304 g/mol. The number of methoxy groups -OCH3 is 1. The highest BCUT2D eigenvalue weighted by Crippen LogP contribution is 2.31. The summed E-state index contributed by atoms with van der Waals surface area (Å²) in [6, 6.07) is 9.08. The summed E-state index contributed by atoms with van der Waals surface area (Å²) in [4.78, 5) is 31.1. The van der Waals surface area contributed by atoms with Gasteiger partial charge in [-0.25, -0.2) is 4.79 Å². The molecule has 0 saturated heterocycles. The second-order valence-corrected chi connectivity index (χ2v) is 5.94. The molecule has 0 radical (unpaired) electrons. The van der Waals surface area contributed by atoms with Gasteiger partial charge in [-0.1, -0.05) is 6.07 Å². The van der Waals surface area contributed by atoms with Gasteiger partial charge in [-0.05, 0) is 56.5 Å². The Balaban J connectivity index is 2.03. The van der Waals surface area contributed by atoms with Crippen LogP contribution in [0.3, 0.4) is 0 Å². The smallest absolute Gasteiger partial charge is 0.338 e. The summed E-state index contributed by atoms with van der Waals surface area (Å²) in [6.07, 6.45) is 1.57. The molecule has 2 aromatic rings. The van der Waals surface area contributed by atoms with Crippen LogP contribution in [0.4, 0.5) is 5.69 Å². The molecule has 2 heterocycles. The molecule has 124 valence electrons. The van der Waals surface area contributed by atoms with E-state index in [1.54, 1.807) is 17.0 Å². The zero-order valence-electron chi connectivity index (χ0n) is 14.1. The standard InChI is InChI=1S/C19H20N2O3/c1-12-9-10-14(13(2)20-12)18(22)21-11-5-7-15-16(19(23)24-3)6-4-8-17(15)21/h4,6,8-10H,5,7,11H2,1-3H3. The van der Waals surface area contributed by atoms with E-state index in [9.17, 15) is 9.59 Å². The van der Waals surface area contributed by atoms with Gasteiger partial charge in [0, 0.05) is 17.9 Å². The largest absolute Gasteiger partial charge is 0.465 e. The highest BCUT2D eigenvalue weighted by atomic mass is 16.5. The molecule has 0 fully saturated rings. The van der Waals surface area contributed by atoms with E-state index in [1.807, 2.05) is 32.0 Å². The topological polar surface area (TPSA) is 59.5 Å². The molecule has 0 aliphatic carbocycles. The molecule has 0 N–H and O–H groups in total. The predicted octanol–water partition coefficient (Wildman–Crippen LogP) is 3.08. The van der Waals surface area contributed by atoms with Crippen LogP contribution in [0.2, 0.25) is 0 Å². The third-order valence-electron chi connectivity index (χ3n) is 4.36. The van der Waals surface area contributed by atoms with Crippen LogP contribution in [0, 0.1) is 13.8 Å². The third-order valence-corrected chi connectivity index (χ3v) is 4.36. The number of carbonyl (C=O) groups is 2. The average Bonchev–Trinajstić information content (AvgIpc) is 2.59. The van der Waals surface area contributed by atoms with E-state index in [0.717, 1.165) is 35.5 Å². The molecule has 24 heavy (non-hydrogen) atoms. The van der Waals surface area contributed by atoms with Crippen molar-refractivity contribution in [2.45, 2.75) is 26.7 Å². The summed E-state index contributed by atoms with van der Waals surface area (Å²) in [6.45, 7) is 4.37. The van der Waals surface area contributed by atoms with Crippen LogP contribution >= 0.6 is 0 Å². The minimum Gasteiger partial charge on any atom is -0.465 e. The second-order valence-electron chi connectivity index (χ2n) is 5.94. The number of nitrogens with zero attached hydrogens (tertiary/aromatic N) is 2. The summed E-state index contributed by atoms with van der Waals surface area (Å²) in [5, 5.41) is 0. The first-order valence-electron chi connectivity index (χ1n) is 7.99. The summed E-state index contributed by atoms with van der Waals surface area (Å²) in [5.41, 5.74) is 4.39. The van der Waals surface area contributed by atoms with Gasteiger partial charge < -0.3 is 9.64 Å². The Morgan fingerprint density at radius 2 is 1.92 bits per heavy atom. The lowest BCUT2D eigenvalue weighted by atomic mass is 9.95. The van der Waals surface area contributed by atoms with Gasteiger partial charge in [0.25, 0.3) is 5.91 Å². The first kappa shape index (κ1) is 16.2. The fraction of sp³-hybridized carbons (Fsp3) is 0.316. The normalized spacial score (nSPS) is 13.4. The van der Waals surface area contributed by atoms with Gasteiger partial charge >= 0.3 is 5.97 Å². The highest BCUT2D eigenvalue weighted by molar-refractivity contribution is 6.08. The lowest BCUT2D eigenvalue weighted by Crippen LogP contribution is -2.36. The van der Waals surface area contributed by atoms with Crippen molar-refractivity contribution in [3.05, 3.63) is 58.4 Å². The van der Waals surface area contributed by atoms with Crippen LogP contribution < -0.4 is 4.90 Å². The molecule has 0 saturated carbocycles. The van der Waals surface area contributed by atoms with Crippen LogP contribution in [0.5, 0.6) is 0 Å². The Bertz CT molecular complexity index is 814. The Kier molecular flexibility index (Phi) is 4.34. The number of benzene rings is 1. The predicted molar refractivity (Wildman–Crippen MR) is 91.5 cm³/mol. The van der Waals surface area contributed by atoms with Gasteiger partial charge in [0.15, 0.2) is 0 Å². The maximum atomic E-state index is 13.0. The van der Waals surface area contributed by atoms with Crippen molar-refractivity contribution in [1.29, 1.82) is 0 Å². The summed E-state index contributed by atoms with van der Waals surface area (Å²) >= 11 is 0. The quantitative estimate of drug-likeness (QED) is 0.797. The van der Waals surface area contributed by atoms with E-state index in [1.165, 1.54) is 7.11 Å². The number of aromatic nitrogens is 1. The van der Waals surface area contributed by atoms with E-state index in [-0.39, 0.29) is 11.9 Å². The van der Waals surface area contributed by atoms with Crippen molar-refractivity contribution < 1.29 is 14.3 Å². The van der Waals surface area contributed by atoms with E-state index >= 15 is 0 Å². The summed E-state index contributed by atoms with van der Waals surface area (Å²) in [7, 11) is 1.37. The maximum Gasteiger partial charge on any atom is 0.338 e. The van der Waals surface area contributed by atoms with Crippen molar-refractivity contribution in [1.82, 2.24) is 4.98 Å². The minimum atomic E-state index is -0.366. The number of esters is 1. The molecule has 3 rings (SSSR count). The number of hydrogen-bond donors (Lipinski definition) is 0. The molecule has 5 nitrogen and oxygen atoms in total. The lowest BCUT2D eigenvalue weighted by Gasteiger charge is -2.30. The van der Waals surface area contributed by atoms with Gasteiger partial charge in [-0.3, -0.25) is 9.78 Å². The van der Waals surface area contributed by atoms with Crippen molar-refractivity contribution in [3.63, 3.8) is 0 Å². The number of ether oxygens (including phenoxy) is 1. The molecule has 0 bridgehead atoms. The molecule has 1 aliphatic rings. The van der Waals surface area contributed by atoms with E-state index in [4.69, 9.17) is 4.74 Å². The Morgan fingerprint density at radius 3 is 2.62 bits per heavy atom. The van der Waals surface area contributed by atoms with Crippen LogP contribution in [-0.4, -0.2) is 30.5 Å². The molecule has 1 aliphatic heterocycles. The van der Waals surface area contributed by atoms with Crippen LogP contribution in [0.1, 0.15) is 44.1 Å². The SMILES string of the molecule is COC(=O)c1cccc2c1CCCN2C(=O)c1ccc(C)nc1C. The van der Waals surface area contributed by atoms with E-state index in [2.05, 4.69) is 4.98 Å². The zero-order chi connectivity index (χ0) is 17.3. The molecule has 0 spiro atoms. The molecular formula is C19H20N2O3. The van der Waals surface area contributed by atoms with Gasteiger partial charge in [-0.2, -0.15) is 0 Å². The summed E-state index contributed by atoms with van der Waals surface area (Å²) in [5.74, 6) is -0.447. The number of fused-ring (bicyclic) bond motifs is 1. The van der Waals surface area contributed by atoms with Crippen molar-refractivity contribution >= 4 is 17.6 Å². The number of carbonyl (C=O) groups excluding carboxylic acids is 2. The first-order chi connectivity index (χ1) is 11.5. The van der Waals surface area contributed by atoms with Crippen LogP contribution in [-0.2, 0) is 11.2 Å². The zero-order valence-corrected chi connectivity index (χ0v) is 14.1. The van der Waals surface area contributed by atoms with Crippen molar-refractivity contribution in [2.75, 3.05) is 18.6 Å². The van der Waals surface area contributed by atoms with Gasteiger partial charge in [-0.15, -0.1) is 0 Å². The Labute approximate surface area is 141 Å². The van der Waals surface area contributed by atoms with Crippen LogP contribution in [0.25, 0.3) is 0 Å². The summed E-state index contributed by atoms with van der Waals surface area (Å²) < 4.78 is 4.86. The van der Waals surface area contributed by atoms with Gasteiger partial charge in [0.1, 0.15) is 0 Å². The molecule has 1 aromatic heterocycles. The van der Waals surface area contributed by atoms with E-state index in [0.29, 0.717) is 17.7 Å². The van der Waals surface area contributed by atoms with Gasteiger partial charge in [0.2, 0.25) is 0 Å². The fourth-order valence-electron chi connectivity index (χ4n) is 3.19. The number of rotatable bonds is 2. The monoisotopic (exact) mass is 324 g/mol. The van der Waals surface area contributed by atoms with Crippen molar-refractivity contribution in [2.24, 2.45) is 0 Å².